The lowest BCUT2D eigenvalue weighted by atomic mass is 10.1. The molecule has 0 amide bonds. The fraction of sp³-hybridized carbons (Fsp3) is 0.550. The molecule has 5 heterocycles. The molecule has 30 heavy (non-hydrogen) atoms. The van der Waals surface area contributed by atoms with Crippen LogP contribution in [-0.2, 0) is 16.5 Å². The Hall–Kier alpha value is -2.85. The number of ether oxygens (including phenoxy) is 2. The molecule has 0 spiro atoms. The summed E-state index contributed by atoms with van der Waals surface area (Å²) in [5, 5.41) is 4.27. The highest BCUT2D eigenvalue weighted by Gasteiger charge is 2.32. The molecule has 0 unspecified atom stereocenters. The van der Waals surface area contributed by atoms with Gasteiger partial charge in [-0.15, -0.1) is 0 Å². The molecule has 3 aromatic heterocycles. The number of hydrogen-bond acceptors (Lipinski definition) is 9. The van der Waals surface area contributed by atoms with Gasteiger partial charge in [0.1, 0.15) is 6.10 Å². The smallest absolute Gasteiger partial charge is 0.229 e. The number of rotatable bonds is 4. The second kappa shape index (κ2) is 7.44. The molecule has 0 bridgehead atoms. The molecular weight excluding hydrogens is 384 g/mol. The lowest BCUT2D eigenvalue weighted by Crippen LogP contribution is -2.52. The van der Waals surface area contributed by atoms with E-state index in [1.165, 1.54) is 0 Å². The van der Waals surface area contributed by atoms with E-state index in [9.17, 15) is 0 Å². The quantitative estimate of drug-likeness (QED) is 0.628. The minimum atomic E-state index is -0.0667. The average Bonchev–Trinajstić information content (AvgIpc) is 3.15. The van der Waals surface area contributed by atoms with Gasteiger partial charge in [-0.3, -0.25) is 4.68 Å². The summed E-state index contributed by atoms with van der Waals surface area (Å²) in [6.07, 6.45) is 3.99. The molecule has 0 saturated carbocycles. The summed E-state index contributed by atoms with van der Waals surface area (Å²) >= 11 is 0. The van der Waals surface area contributed by atoms with Crippen LogP contribution in [0.4, 0.5) is 11.8 Å². The van der Waals surface area contributed by atoms with Gasteiger partial charge in [0, 0.05) is 45.6 Å². The van der Waals surface area contributed by atoms with Crippen molar-refractivity contribution in [2.24, 2.45) is 7.05 Å². The van der Waals surface area contributed by atoms with Crippen LogP contribution >= 0.6 is 0 Å². The molecule has 10 heteroatoms. The van der Waals surface area contributed by atoms with Gasteiger partial charge in [-0.05, 0) is 13.8 Å². The number of fused-ring (bicyclic) bond motifs is 1. The van der Waals surface area contributed by atoms with E-state index in [2.05, 4.69) is 14.9 Å². The van der Waals surface area contributed by atoms with Gasteiger partial charge in [-0.2, -0.15) is 15.1 Å². The number of hydrogen-bond donors (Lipinski definition) is 0. The van der Waals surface area contributed by atoms with Crippen molar-refractivity contribution in [1.29, 1.82) is 0 Å². The molecule has 2 fully saturated rings. The number of methoxy groups -OCH3 is 1. The molecule has 1 atom stereocenters. The zero-order valence-electron chi connectivity index (χ0n) is 17.7. The molecule has 0 radical (unpaired) electrons. The lowest BCUT2D eigenvalue weighted by molar-refractivity contribution is 0.0392. The van der Waals surface area contributed by atoms with E-state index in [-0.39, 0.29) is 12.2 Å². The van der Waals surface area contributed by atoms with Gasteiger partial charge in [0.15, 0.2) is 17.0 Å². The fourth-order valence-electron chi connectivity index (χ4n) is 3.85. The third kappa shape index (κ3) is 3.35. The van der Waals surface area contributed by atoms with Crippen LogP contribution in [0.5, 0.6) is 0 Å². The van der Waals surface area contributed by atoms with E-state index >= 15 is 0 Å². The van der Waals surface area contributed by atoms with Gasteiger partial charge in [0.25, 0.3) is 0 Å². The van der Waals surface area contributed by atoms with Crippen LogP contribution < -0.4 is 9.80 Å². The molecule has 158 valence electrons. The Morgan fingerprint density at radius 1 is 1.03 bits per heavy atom. The predicted molar refractivity (Wildman–Crippen MR) is 112 cm³/mol. The maximum Gasteiger partial charge on any atom is 0.229 e. The highest BCUT2D eigenvalue weighted by molar-refractivity contribution is 5.85. The minimum Gasteiger partial charge on any atom is -0.378 e. The second-order valence-corrected chi connectivity index (χ2v) is 7.93. The summed E-state index contributed by atoms with van der Waals surface area (Å²) in [6.45, 7) is 7.49. The SMILES string of the molecule is COC1CN(c2nc(N3CCO[C@@H](c4cnn(C)c4)C3)nc3nc(C)c(C)nc23)C1. The number of aromatic nitrogens is 6. The molecule has 0 aromatic carbocycles. The summed E-state index contributed by atoms with van der Waals surface area (Å²) in [5.41, 5.74) is 4.20. The third-order valence-corrected chi connectivity index (χ3v) is 5.84. The van der Waals surface area contributed by atoms with Crippen molar-refractivity contribution in [1.82, 2.24) is 29.7 Å². The average molecular weight is 410 g/mol. The van der Waals surface area contributed by atoms with E-state index in [1.807, 2.05) is 33.3 Å². The maximum atomic E-state index is 5.98. The lowest BCUT2D eigenvalue weighted by Gasteiger charge is -2.39. The van der Waals surface area contributed by atoms with Gasteiger partial charge in [-0.25, -0.2) is 9.97 Å². The van der Waals surface area contributed by atoms with Crippen molar-refractivity contribution in [2.45, 2.75) is 26.1 Å². The fourth-order valence-corrected chi connectivity index (χ4v) is 3.85. The highest BCUT2D eigenvalue weighted by Crippen LogP contribution is 2.31. The Bertz CT molecular complexity index is 1080. The Morgan fingerprint density at radius 3 is 2.57 bits per heavy atom. The number of anilines is 2. The first-order chi connectivity index (χ1) is 14.5. The minimum absolute atomic E-state index is 0.0667. The van der Waals surface area contributed by atoms with Crippen molar-refractivity contribution in [3.05, 3.63) is 29.3 Å². The van der Waals surface area contributed by atoms with Gasteiger partial charge >= 0.3 is 0 Å². The van der Waals surface area contributed by atoms with Gasteiger partial charge < -0.3 is 19.3 Å². The van der Waals surface area contributed by atoms with Crippen LogP contribution in [0.25, 0.3) is 11.2 Å². The zero-order valence-corrected chi connectivity index (χ0v) is 17.7. The molecule has 2 aliphatic heterocycles. The molecule has 2 saturated heterocycles. The molecule has 3 aromatic rings. The summed E-state index contributed by atoms with van der Waals surface area (Å²) < 4.78 is 13.2. The van der Waals surface area contributed by atoms with Crippen molar-refractivity contribution in [2.75, 3.05) is 49.7 Å². The van der Waals surface area contributed by atoms with Crippen molar-refractivity contribution < 1.29 is 9.47 Å². The standard InChI is InChI=1S/C20H26N8O2/c1-12-13(2)23-18-17(22-12)19(28-9-15(10-28)29-4)25-20(24-18)27-5-6-30-16(11-27)14-7-21-26(3)8-14/h7-8,15-16H,5-6,9-11H2,1-4H3/t16-/m1/s1. The van der Waals surface area contributed by atoms with E-state index in [4.69, 9.17) is 29.4 Å². The molecule has 0 aliphatic carbocycles. The van der Waals surface area contributed by atoms with Crippen LogP contribution in [-0.4, -0.2) is 75.7 Å². The van der Waals surface area contributed by atoms with Gasteiger partial charge in [0.05, 0.1) is 36.8 Å². The van der Waals surface area contributed by atoms with E-state index in [0.717, 1.165) is 47.9 Å². The first-order valence-electron chi connectivity index (χ1n) is 10.2. The Labute approximate surface area is 174 Å². The van der Waals surface area contributed by atoms with Crippen molar-refractivity contribution in [3.63, 3.8) is 0 Å². The van der Waals surface area contributed by atoms with Crippen LogP contribution in [0.15, 0.2) is 12.4 Å². The van der Waals surface area contributed by atoms with Crippen LogP contribution in [0, 0.1) is 13.8 Å². The van der Waals surface area contributed by atoms with Crippen molar-refractivity contribution >= 4 is 22.9 Å². The number of aryl methyl sites for hydroxylation is 3. The zero-order chi connectivity index (χ0) is 20.8. The number of morpholine rings is 1. The van der Waals surface area contributed by atoms with E-state index < -0.39 is 0 Å². The Kier molecular flexibility index (Phi) is 4.75. The van der Waals surface area contributed by atoms with Crippen molar-refractivity contribution in [3.8, 4) is 0 Å². The Balaban J connectivity index is 1.51. The first-order valence-corrected chi connectivity index (χ1v) is 10.2. The summed E-state index contributed by atoms with van der Waals surface area (Å²) in [4.78, 5) is 23.5. The molecule has 5 rings (SSSR count). The monoisotopic (exact) mass is 410 g/mol. The summed E-state index contributed by atoms with van der Waals surface area (Å²) in [5.74, 6) is 1.48. The van der Waals surface area contributed by atoms with Gasteiger partial charge in [0.2, 0.25) is 5.95 Å². The molecule has 0 N–H and O–H groups in total. The second-order valence-electron chi connectivity index (χ2n) is 7.93. The topological polar surface area (TPSA) is 94.3 Å². The van der Waals surface area contributed by atoms with Crippen LogP contribution in [0.2, 0.25) is 0 Å². The van der Waals surface area contributed by atoms with Crippen LogP contribution in [0.1, 0.15) is 23.1 Å². The van der Waals surface area contributed by atoms with Crippen LogP contribution in [0.3, 0.4) is 0 Å². The normalized spacial score (nSPS) is 20.1. The third-order valence-electron chi connectivity index (χ3n) is 5.84. The number of nitrogens with zero attached hydrogens (tertiary/aromatic N) is 8. The first kappa shape index (κ1) is 19.1. The molecule has 10 nitrogen and oxygen atoms in total. The van der Waals surface area contributed by atoms with E-state index in [1.54, 1.807) is 11.8 Å². The van der Waals surface area contributed by atoms with E-state index in [0.29, 0.717) is 24.7 Å². The Morgan fingerprint density at radius 2 is 1.83 bits per heavy atom. The highest BCUT2D eigenvalue weighted by atomic mass is 16.5. The predicted octanol–water partition coefficient (Wildman–Crippen LogP) is 1.18. The summed E-state index contributed by atoms with van der Waals surface area (Å²) in [7, 11) is 3.65. The molecule has 2 aliphatic rings. The maximum absolute atomic E-state index is 5.98. The summed E-state index contributed by atoms with van der Waals surface area (Å²) in [6, 6.07) is 0. The molecular formula is C20H26N8O2. The van der Waals surface area contributed by atoms with Gasteiger partial charge in [-0.1, -0.05) is 0 Å². The largest absolute Gasteiger partial charge is 0.378 e.